The Hall–Kier alpha value is -2.24. The fraction of sp³-hybridized carbons (Fsp3) is 0.182. The van der Waals surface area contributed by atoms with Crippen LogP contribution in [0.3, 0.4) is 0 Å². The van der Waals surface area contributed by atoms with Crippen molar-refractivity contribution in [2.45, 2.75) is 12.8 Å². The third-order valence-corrected chi connectivity index (χ3v) is 2.29. The number of nitrogens with one attached hydrogen (secondary N) is 1. The summed E-state index contributed by atoms with van der Waals surface area (Å²) >= 11 is 0. The number of H-pyrrole nitrogens is 1. The van der Waals surface area contributed by atoms with Gasteiger partial charge in [-0.2, -0.15) is 0 Å². The highest BCUT2D eigenvalue weighted by Crippen LogP contribution is 2.09. The van der Waals surface area contributed by atoms with Gasteiger partial charge >= 0.3 is 5.97 Å². The van der Waals surface area contributed by atoms with E-state index in [1.54, 1.807) is 0 Å². The average molecular weight is 236 g/mol. The van der Waals surface area contributed by atoms with Gasteiger partial charge in [0.25, 0.3) is 5.56 Å². The van der Waals surface area contributed by atoms with Gasteiger partial charge < -0.3 is 10.1 Å². The number of nitrogens with zero attached hydrogens (tertiary/aromatic N) is 1. The number of fused-ring (bicyclic) bond motifs is 1. The topological polar surface area (TPSA) is 83.0 Å². The van der Waals surface area contributed by atoms with Crippen LogP contribution < -0.4 is 5.56 Å². The smallest absolute Gasteiger partial charge is 0.303 e. The molecule has 88 valence electrons. The molecule has 0 saturated carbocycles. The summed E-state index contributed by atoms with van der Waals surface area (Å²) < 4.78 is 13.0. The standard InChI is InChI=1S/C11H9FN2O3/c12-6-1-2-7-8(5-6)13-9(14-11(7)17)3-4-10(15)16/h1-2,5H,3-4H2,(H,15,16)(H,13,14,17). The predicted octanol–water partition coefficient (Wildman–Crippen LogP) is 1.08. The number of aryl methyl sites for hydroxylation is 1. The Labute approximate surface area is 94.9 Å². The first kappa shape index (κ1) is 11.3. The maximum Gasteiger partial charge on any atom is 0.303 e. The molecule has 0 aliphatic carbocycles. The minimum atomic E-state index is -0.980. The lowest BCUT2D eigenvalue weighted by molar-refractivity contribution is -0.137. The fourth-order valence-electron chi connectivity index (χ4n) is 1.50. The van der Waals surface area contributed by atoms with Crippen LogP contribution in [0.15, 0.2) is 23.0 Å². The quantitative estimate of drug-likeness (QED) is 0.835. The van der Waals surface area contributed by atoms with Crippen molar-refractivity contribution in [2.75, 3.05) is 0 Å². The van der Waals surface area contributed by atoms with E-state index < -0.39 is 17.3 Å². The van der Waals surface area contributed by atoms with Crippen LogP contribution in [0.4, 0.5) is 4.39 Å². The van der Waals surface area contributed by atoms with Crippen LogP contribution >= 0.6 is 0 Å². The van der Waals surface area contributed by atoms with Gasteiger partial charge in [0.05, 0.1) is 17.3 Å². The number of aromatic amines is 1. The SMILES string of the molecule is O=C(O)CCc1nc2cc(F)ccc2c(=O)[nH]1. The number of hydrogen-bond donors (Lipinski definition) is 2. The fourth-order valence-corrected chi connectivity index (χ4v) is 1.50. The first-order valence-electron chi connectivity index (χ1n) is 4.96. The van der Waals surface area contributed by atoms with Gasteiger partial charge in [-0.3, -0.25) is 9.59 Å². The van der Waals surface area contributed by atoms with E-state index in [9.17, 15) is 14.0 Å². The zero-order valence-corrected chi connectivity index (χ0v) is 8.74. The molecule has 0 radical (unpaired) electrons. The number of rotatable bonds is 3. The van der Waals surface area contributed by atoms with Crippen LogP contribution in [0.1, 0.15) is 12.2 Å². The van der Waals surface area contributed by atoms with Gasteiger partial charge in [-0.25, -0.2) is 9.37 Å². The Morgan fingerprint density at radius 1 is 1.47 bits per heavy atom. The molecule has 0 bridgehead atoms. The molecule has 2 rings (SSSR count). The summed E-state index contributed by atoms with van der Waals surface area (Å²) in [7, 11) is 0. The third-order valence-electron chi connectivity index (χ3n) is 2.29. The second kappa shape index (κ2) is 4.32. The van der Waals surface area contributed by atoms with Crippen molar-refractivity contribution >= 4 is 16.9 Å². The van der Waals surface area contributed by atoms with Gasteiger partial charge in [0.2, 0.25) is 0 Å². The molecule has 5 nitrogen and oxygen atoms in total. The molecular formula is C11H9FN2O3. The summed E-state index contributed by atoms with van der Waals surface area (Å²) in [5.74, 6) is -1.22. The minimum Gasteiger partial charge on any atom is -0.481 e. The van der Waals surface area contributed by atoms with Crippen molar-refractivity contribution in [3.8, 4) is 0 Å². The van der Waals surface area contributed by atoms with Crippen LogP contribution in [0.5, 0.6) is 0 Å². The van der Waals surface area contributed by atoms with Gasteiger partial charge in [-0.1, -0.05) is 0 Å². The summed E-state index contributed by atoms with van der Waals surface area (Å²) in [6.07, 6.45) is -0.0270. The molecule has 0 fully saturated rings. The van der Waals surface area contributed by atoms with Gasteiger partial charge in [0.1, 0.15) is 11.6 Å². The lowest BCUT2D eigenvalue weighted by Gasteiger charge is -2.01. The molecule has 1 aromatic carbocycles. The van der Waals surface area contributed by atoms with Crippen molar-refractivity contribution in [1.82, 2.24) is 9.97 Å². The Bertz CT molecular complexity index is 636. The molecule has 17 heavy (non-hydrogen) atoms. The first-order valence-corrected chi connectivity index (χ1v) is 4.96. The summed E-state index contributed by atoms with van der Waals surface area (Å²) in [6, 6.07) is 3.67. The molecule has 0 amide bonds. The number of carbonyl (C=O) groups is 1. The molecular weight excluding hydrogens is 227 g/mol. The van der Waals surface area contributed by atoms with Crippen LogP contribution in [-0.2, 0) is 11.2 Å². The van der Waals surface area contributed by atoms with Crippen LogP contribution in [-0.4, -0.2) is 21.0 Å². The number of benzene rings is 1. The lowest BCUT2D eigenvalue weighted by Crippen LogP contribution is -2.13. The van der Waals surface area contributed by atoms with E-state index in [1.807, 2.05) is 0 Å². The summed E-state index contributed by atoms with van der Waals surface area (Å²) in [5, 5.41) is 8.80. The zero-order chi connectivity index (χ0) is 12.4. The maximum absolute atomic E-state index is 13.0. The van der Waals surface area contributed by atoms with Crippen LogP contribution in [0.25, 0.3) is 10.9 Å². The van der Waals surface area contributed by atoms with Gasteiger partial charge in [0, 0.05) is 12.5 Å². The van der Waals surface area contributed by atoms with E-state index in [4.69, 9.17) is 5.11 Å². The molecule has 0 aliphatic rings. The number of aliphatic carboxylic acids is 1. The molecule has 6 heteroatoms. The van der Waals surface area contributed by atoms with Gasteiger partial charge in [-0.05, 0) is 12.1 Å². The van der Waals surface area contributed by atoms with Crippen molar-refractivity contribution < 1.29 is 14.3 Å². The van der Waals surface area contributed by atoms with E-state index in [1.165, 1.54) is 12.1 Å². The molecule has 0 atom stereocenters. The largest absolute Gasteiger partial charge is 0.481 e. The van der Waals surface area contributed by atoms with Gasteiger partial charge in [-0.15, -0.1) is 0 Å². The average Bonchev–Trinajstić information content (AvgIpc) is 2.25. The van der Waals surface area contributed by atoms with E-state index in [-0.39, 0.29) is 29.6 Å². The highest BCUT2D eigenvalue weighted by molar-refractivity contribution is 5.77. The van der Waals surface area contributed by atoms with Crippen LogP contribution in [0, 0.1) is 5.82 Å². The third kappa shape index (κ3) is 2.47. The Balaban J connectivity index is 2.46. The predicted molar refractivity (Wildman–Crippen MR) is 58.3 cm³/mol. The summed E-state index contributed by atoms with van der Waals surface area (Å²) in [6.45, 7) is 0. The minimum absolute atomic E-state index is 0.108. The van der Waals surface area contributed by atoms with E-state index in [2.05, 4.69) is 9.97 Å². The monoisotopic (exact) mass is 236 g/mol. The summed E-state index contributed by atoms with van der Waals surface area (Å²) in [5.41, 5.74) is -0.162. The van der Waals surface area contributed by atoms with E-state index >= 15 is 0 Å². The van der Waals surface area contributed by atoms with Crippen molar-refractivity contribution in [3.05, 3.63) is 40.2 Å². The lowest BCUT2D eigenvalue weighted by atomic mass is 10.2. The van der Waals surface area contributed by atoms with Crippen LogP contribution in [0.2, 0.25) is 0 Å². The Morgan fingerprint density at radius 3 is 2.94 bits per heavy atom. The van der Waals surface area contributed by atoms with Crippen molar-refractivity contribution in [1.29, 1.82) is 0 Å². The Morgan fingerprint density at radius 2 is 2.24 bits per heavy atom. The normalized spacial score (nSPS) is 10.6. The second-order valence-electron chi connectivity index (χ2n) is 3.57. The Kier molecular flexibility index (Phi) is 2.86. The number of halogens is 1. The van der Waals surface area contributed by atoms with Gasteiger partial charge in [0.15, 0.2) is 0 Å². The molecule has 0 aliphatic heterocycles. The second-order valence-corrected chi connectivity index (χ2v) is 3.57. The summed E-state index contributed by atoms with van der Waals surface area (Å²) in [4.78, 5) is 28.5. The number of carboxylic acids is 1. The maximum atomic E-state index is 13.0. The zero-order valence-electron chi connectivity index (χ0n) is 8.74. The highest BCUT2D eigenvalue weighted by Gasteiger charge is 2.06. The van der Waals surface area contributed by atoms with Crippen molar-refractivity contribution in [2.24, 2.45) is 0 Å². The number of carboxylic acid groups (broad SMARTS) is 1. The van der Waals surface area contributed by atoms with E-state index in [0.29, 0.717) is 0 Å². The highest BCUT2D eigenvalue weighted by atomic mass is 19.1. The molecule has 2 aromatic rings. The molecule has 1 aromatic heterocycles. The number of aromatic nitrogens is 2. The molecule has 0 saturated heterocycles. The molecule has 0 unspecified atom stereocenters. The number of hydrogen-bond acceptors (Lipinski definition) is 3. The van der Waals surface area contributed by atoms with E-state index in [0.717, 1.165) is 6.07 Å². The molecule has 1 heterocycles. The molecule has 0 spiro atoms. The molecule has 2 N–H and O–H groups in total. The first-order chi connectivity index (χ1) is 8.06. The van der Waals surface area contributed by atoms with Crippen molar-refractivity contribution in [3.63, 3.8) is 0 Å².